The molecule has 0 saturated heterocycles. The summed E-state index contributed by atoms with van der Waals surface area (Å²) < 4.78 is 0. The molecule has 1 aromatic carbocycles. The predicted octanol–water partition coefficient (Wildman–Crippen LogP) is 4.54. The SMILES string of the molecule is Cc1ccc(C)c(C2C=CC=CC2(C)C)c1. The first-order valence-electron chi connectivity index (χ1n) is 5.94. The summed E-state index contributed by atoms with van der Waals surface area (Å²) >= 11 is 0. The van der Waals surface area contributed by atoms with Crippen LogP contribution in [-0.2, 0) is 0 Å². The van der Waals surface area contributed by atoms with Crippen molar-refractivity contribution in [2.24, 2.45) is 5.41 Å². The van der Waals surface area contributed by atoms with E-state index in [-0.39, 0.29) is 5.41 Å². The normalized spacial score (nSPS) is 22.4. The van der Waals surface area contributed by atoms with Crippen molar-refractivity contribution in [3.8, 4) is 0 Å². The molecule has 0 spiro atoms. The fourth-order valence-corrected chi connectivity index (χ4v) is 2.43. The van der Waals surface area contributed by atoms with Gasteiger partial charge < -0.3 is 0 Å². The maximum absolute atomic E-state index is 2.32. The van der Waals surface area contributed by atoms with Gasteiger partial charge in [0.1, 0.15) is 0 Å². The van der Waals surface area contributed by atoms with Crippen molar-refractivity contribution in [3.05, 3.63) is 59.2 Å². The van der Waals surface area contributed by atoms with Crippen LogP contribution in [-0.4, -0.2) is 0 Å². The minimum Gasteiger partial charge on any atom is -0.0779 e. The number of hydrogen-bond acceptors (Lipinski definition) is 0. The van der Waals surface area contributed by atoms with E-state index >= 15 is 0 Å². The summed E-state index contributed by atoms with van der Waals surface area (Å²) in [4.78, 5) is 0. The summed E-state index contributed by atoms with van der Waals surface area (Å²) in [6, 6.07) is 6.74. The molecule has 1 aromatic rings. The van der Waals surface area contributed by atoms with E-state index in [1.165, 1.54) is 16.7 Å². The summed E-state index contributed by atoms with van der Waals surface area (Å²) in [6.07, 6.45) is 8.94. The second-order valence-corrected chi connectivity index (χ2v) is 5.40. The molecule has 1 atom stereocenters. The summed E-state index contributed by atoms with van der Waals surface area (Å²) in [5, 5.41) is 0. The lowest BCUT2D eigenvalue weighted by Crippen LogP contribution is -2.20. The van der Waals surface area contributed by atoms with Crippen molar-refractivity contribution >= 4 is 0 Å². The molecule has 0 nitrogen and oxygen atoms in total. The highest BCUT2D eigenvalue weighted by Crippen LogP contribution is 2.41. The Hall–Kier alpha value is -1.30. The Balaban J connectivity index is 2.48. The molecule has 0 fully saturated rings. The molecular formula is C16H20. The minimum atomic E-state index is 0.216. The van der Waals surface area contributed by atoms with Crippen molar-refractivity contribution in [2.75, 3.05) is 0 Å². The van der Waals surface area contributed by atoms with Gasteiger partial charge in [0.15, 0.2) is 0 Å². The second kappa shape index (κ2) is 3.93. The molecule has 1 unspecified atom stereocenters. The zero-order valence-corrected chi connectivity index (χ0v) is 10.6. The van der Waals surface area contributed by atoms with Gasteiger partial charge in [-0.1, -0.05) is 61.9 Å². The molecule has 1 aliphatic rings. The van der Waals surface area contributed by atoms with Gasteiger partial charge in [0, 0.05) is 5.92 Å². The molecule has 84 valence electrons. The lowest BCUT2D eigenvalue weighted by atomic mass is 9.71. The Kier molecular flexibility index (Phi) is 2.75. The largest absolute Gasteiger partial charge is 0.0779 e. The van der Waals surface area contributed by atoms with Crippen molar-refractivity contribution in [2.45, 2.75) is 33.6 Å². The van der Waals surface area contributed by atoms with Crippen LogP contribution < -0.4 is 0 Å². The van der Waals surface area contributed by atoms with E-state index in [2.05, 4.69) is 70.2 Å². The molecule has 0 saturated carbocycles. The van der Waals surface area contributed by atoms with Crippen LogP contribution >= 0.6 is 0 Å². The number of rotatable bonds is 1. The third-order valence-corrected chi connectivity index (χ3v) is 3.51. The molecule has 0 radical (unpaired) electrons. The molecule has 0 aliphatic heterocycles. The molecule has 0 aromatic heterocycles. The van der Waals surface area contributed by atoms with Gasteiger partial charge in [0.2, 0.25) is 0 Å². The van der Waals surface area contributed by atoms with Crippen molar-refractivity contribution < 1.29 is 0 Å². The van der Waals surface area contributed by atoms with E-state index < -0.39 is 0 Å². The van der Waals surface area contributed by atoms with E-state index in [4.69, 9.17) is 0 Å². The van der Waals surface area contributed by atoms with Crippen LogP contribution in [0.2, 0.25) is 0 Å². The van der Waals surface area contributed by atoms with Gasteiger partial charge in [-0.15, -0.1) is 0 Å². The Morgan fingerprint density at radius 2 is 1.81 bits per heavy atom. The summed E-state index contributed by atoms with van der Waals surface area (Å²) in [7, 11) is 0. The highest BCUT2D eigenvalue weighted by atomic mass is 14.3. The van der Waals surface area contributed by atoms with Crippen LogP contribution in [0.4, 0.5) is 0 Å². The van der Waals surface area contributed by atoms with Gasteiger partial charge in [0.05, 0.1) is 0 Å². The smallest absolute Gasteiger partial charge is 0.0110 e. The summed E-state index contributed by atoms with van der Waals surface area (Å²) in [5.41, 5.74) is 4.42. The summed E-state index contributed by atoms with van der Waals surface area (Å²) in [6.45, 7) is 8.98. The highest BCUT2D eigenvalue weighted by Gasteiger charge is 2.28. The first-order chi connectivity index (χ1) is 7.50. The maximum Gasteiger partial charge on any atom is 0.0110 e. The third-order valence-electron chi connectivity index (χ3n) is 3.51. The molecule has 0 N–H and O–H groups in total. The van der Waals surface area contributed by atoms with Gasteiger partial charge in [-0.3, -0.25) is 0 Å². The van der Waals surface area contributed by atoms with Crippen molar-refractivity contribution in [1.82, 2.24) is 0 Å². The average molecular weight is 212 g/mol. The van der Waals surface area contributed by atoms with Gasteiger partial charge in [-0.2, -0.15) is 0 Å². The highest BCUT2D eigenvalue weighted by molar-refractivity contribution is 5.40. The monoisotopic (exact) mass is 212 g/mol. The Morgan fingerprint density at radius 1 is 1.06 bits per heavy atom. The molecular weight excluding hydrogens is 192 g/mol. The van der Waals surface area contributed by atoms with E-state index in [0.717, 1.165) is 0 Å². The first-order valence-corrected chi connectivity index (χ1v) is 5.94. The zero-order chi connectivity index (χ0) is 11.8. The molecule has 0 heteroatoms. The minimum absolute atomic E-state index is 0.216. The van der Waals surface area contributed by atoms with E-state index in [9.17, 15) is 0 Å². The van der Waals surface area contributed by atoms with Gasteiger partial charge in [-0.25, -0.2) is 0 Å². The van der Waals surface area contributed by atoms with E-state index in [1.807, 2.05) is 0 Å². The average Bonchev–Trinajstić information content (AvgIpc) is 2.22. The fourth-order valence-electron chi connectivity index (χ4n) is 2.43. The Morgan fingerprint density at radius 3 is 2.50 bits per heavy atom. The van der Waals surface area contributed by atoms with Crippen LogP contribution in [0.3, 0.4) is 0 Å². The van der Waals surface area contributed by atoms with Crippen LogP contribution in [0.1, 0.15) is 36.5 Å². The molecule has 0 bridgehead atoms. The van der Waals surface area contributed by atoms with Crippen LogP contribution in [0.25, 0.3) is 0 Å². The molecule has 0 heterocycles. The van der Waals surface area contributed by atoms with E-state index in [1.54, 1.807) is 0 Å². The van der Waals surface area contributed by atoms with Crippen LogP contribution in [0.5, 0.6) is 0 Å². The van der Waals surface area contributed by atoms with E-state index in [0.29, 0.717) is 5.92 Å². The molecule has 1 aliphatic carbocycles. The predicted molar refractivity (Wildman–Crippen MR) is 70.7 cm³/mol. The van der Waals surface area contributed by atoms with Crippen LogP contribution in [0.15, 0.2) is 42.5 Å². The maximum atomic E-state index is 2.32. The lowest BCUT2D eigenvalue weighted by molar-refractivity contribution is 0.421. The van der Waals surface area contributed by atoms with Gasteiger partial charge >= 0.3 is 0 Å². The number of hydrogen-bond donors (Lipinski definition) is 0. The topological polar surface area (TPSA) is 0 Å². The number of aryl methyl sites for hydroxylation is 2. The number of allylic oxidation sites excluding steroid dienone is 4. The first kappa shape index (κ1) is 11.2. The standard InChI is InChI=1S/C16H20/c1-12-8-9-13(2)14(11-12)15-7-5-6-10-16(15,3)4/h5-11,15H,1-4H3. The van der Waals surface area contributed by atoms with Crippen molar-refractivity contribution in [3.63, 3.8) is 0 Å². The van der Waals surface area contributed by atoms with Gasteiger partial charge in [-0.05, 0) is 30.4 Å². The fraction of sp³-hybridized carbons (Fsp3) is 0.375. The molecule has 0 amide bonds. The summed E-state index contributed by atoms with van der Waals surface area (Å²) in [5.74, 6) is 0.498. The quantitative estimate of drug-likeness (QED) is 0.641. The van der Waals surface area contributed by atoms with Crippen molar-refractivity contribution in [1.29, 1.82) is 0 Å². The lowest BCUT2D eigenvalue weighted by Gasteiger charge is -2.33. The van der Waals surface area contributed by atoms with Gasteiger partial charge in [0.25, 0.3) is 0 Å². The zero-order valence-electron chi connectivity index (χ0n) is 10.6. The molecule has 2 rings (SSSR count). The molecule has 16 heavy (non-hydrogen) atoms. The number of benzene rings is 1. The Labute approximate surface area is 98.7 Å². The second-order valence-electron chi connectivity index (χ2n) is 5.40. The third kappa shape index (κ3) is 1.97. The van der Waals surface area contributed by atoms with Crippen LogP contribution in [0, 0.1) is 19.3 Å². The Bertz CT molecular complexity index is 447.